The molecule has 0 aliphatic carbocycles. The van der Waals surface area contributed by atoms with E-state index in [-0.39, 0.29) is 12.2 Å². The second-order valence-corrected chi connectivity index (χ2v) is 5.17. The number of hydrogen-bond donors (Lipinski definition) is 1. The van der Waals surface area contributed by atoms with Gasteiger partial charge >= 0.3 is 5.97 Å². The third kappa shape index (κ3) is 5.28. The number of benzene rings is 2. The monoisotopic (exact) mass is 352 g/mol. The number of nitriles is 1. The van der Waals surface area contributed by atoms with Gasteiger partial charge in [-0.25, -0.2) is 4.79 Å². The topological polar surface area (TPSA) is 80.6 Å². The molecule has 0 spiro atoms. The summed E-state index contributed by atoms with van der Waals surface area (Å²) in [6.07, 6.45) is 1.31. The molecule has 0 heterocycles. The number of nitrogens with one attached hydrogen (secondary N) is 1. The highest BCUT2D eigenvalue weighted by Gasteiger charge is 2.10. The summed E-state index contributed by atoms with van der Waals surface area (Å²) >= 11 is 0. The van der Waals surface area contributed by atoms with E-state index < -0.39 is 5.97 Å². The van der Waals surface area contributed by atoms with Crippen molar-refractivity contribution in [2.75, 3.05) is 19.0 Å². The van der Waals surface area contributed by atoms with E-state index >= 15 is 0 Å². The molecule has 0 unspecified atom stereocenters. The van der Waals surface area contributed by atoms with Crippen LogP contribution in [0.15, 0.2) is 60.3 Å². The van der Waals surface area contributed by atoms with E-state index in [0.717, 1.165) is 5.56 Å². The van der Waals surface area contributed by atoms with Crippen molar-refractivity contribution < 1.29 is 19.0 Å². The van der Waals surface area contributed by atoms with Crippen molar-refractivity contribution in [2.45, 2.75) is 13.5 Å². The van der Waals surface area contributed by atoms with Crippen molar-refractivity contribution in [2.24, 2.45) is 0 Å². The quantitative estimate of drug-likeness (QED) is 0.444. The number of nitrogens with zero attached hydrogens (tertiary/aromatic N) is 1. The standard InChI is InChI=1S/C20H20N2O4/c1-3-25-20(23)16(12-21)13-22-17-9-10-18(24-2)19(11-17)26-14-15-7-5-4-6-8-15/h4-11,13,22H,3,14H2,1-2H3. The second-order valence-electron chi connectivity index (χ2n) is 5.17. The highest BCUT2D eigenvalue weighted by Crippen LogP contribution is 2.31. The molecule has 0 saturated heterocycles. The van der Waals surface area contributed by atoms with Crippen LogP contribution in [0.4, 0.5) is 5.69 Å². The molecule has 0 atom stereocenters. The van der Waals surface area contributed by atoms with Gasteiger partial charge in [0.05, 0.1) is 13.7 Å². The minimum absolute atomic E-state index is 0.116. The summed E-state index contributed by atoms with van der Waals surface area (Å²) in [4.78, 5) is 11.6. The van der Waals surface area contributed by atoms with Gasteiger partial charge in [0.2, 0.25) is 0 Å². The average molecular weight is 352 g/mol. The zero-order chi connectivity index (χ0) is 18.8. The fraction of sp³-hybridized carbons (Fsp3) is 0.200. The van der Waals surface area contributed by atoms with Crippen molar-refractivity contribution >= 4 is 11.7 Å². The van der Waals surface area contributed by atoms with Crippen LogP contribution in [0, 0.1) is 11.3 Å². The first kappa shape index (κ1) is 18.9. The van der Waals surface area contributed by atoms with Crippen LogP contribution in [-0.2, 0) is 16.1 Å². The van der Waals surface area contributed by atoms with Crippen LogP contribution in [0.1, 0.15) is 12.5 Å². The van der Waals surface area contributed by atoms with Gasteiger partial charge in [-0.05, 0) is 24.6 Å². The van der Waals surface area contributed by atoms with Gasteiger partial charge in [0.15, 0.2) is 17.1 Å². The maximum absolute atomic E-state index is 11.6. The number of carbonyl (C=O) groups excluding carboxylic acids is 1. The molecule has 0 fully saturated rings. The van der Waals surface area contributed by atoms with E-state index in [1.165, 1.54) is 6.20 Å². The van der Waals surface area contributed by atoms with Gasteiger partial charge in [0.1, 0.15) is 12.7 Å². The zero-order valence-corrected chi connectivity index (χ0v) is 14.7. The fourth-order valence-corrected chi connectivity index (χ4v) is 2.12. The molecule has 0 radical (unpaired) electrons. The van der Waals surface area contributed by atoms with E-state index in [1.807, 2.05) is 36.4 Å². The van der Waals surface area contributed by atoms with Gasteiger partial charge in [0, 0.05) is 18.0 Å². The number of rotatable bonds is 8. The van der Waals surface area contributed by atoms with Gasteiger partial charge in [-0.1, -0.05) is 30.3 Å². The molecule has 0 saturated carbocycles. The molecular weight excluding hydrogens is 332 g/mol. The lowest BCUT2D eigenvalue weighted by atomic mass is 10.2. The first-order valence-electron chi connectivity index (χ1n) is 8.06. The summed E-state index contributed by atoms with van der Waals surface area (Å²) in [5, 5.41) is 11.9. The Morgan fingerprint density at radius 1 is 1.19 bits per heavy atom. The van der Waals surface area contributed by atoms with E-state index in [9.17, 15) is 4.79 Å². The Kier molecular flexibility index (Phi) is 7.07. The average Bonchev–Trinajstić information content (AvgIpc) is 2.68. The smallest absolute Gasteiger partial charge is 0.350 e. The first-order valence-corrected chi connectivity index (χ1v) is 8.06. The van der Waals surface area contributed by atoms with Gasteiger partial charge in [0.25, 0.3) is 0 Å². The summed E-state index contributed by atoms with van der Waals surface area (Å²) in [6, 6.07) is 16.8. The van der Waals surface area contributed by atoms with Crippen molar-refractivity contribution in [3.63, 3.8) is 0 Å². The number of anilines is 1. The Morgan fingerprint density at radius 2 is 1.96 bits per heavy atom. The van der Waals surface area contributed by atoms with Gasteiger partial charge < -0.3 is 19.5 Å². The number of carbonyl (C=O) groups is 1. The zero-order valence-electron chi connectivity index (χ0n) is 14.7. The van der Waals surface area contributed by atoms with Crippen molar-refractivity contribution in [3.05, 3.63) is 65.9 Å². The molecule has 134 valence electrons. The molecule has 26 heavy (non-hydrogen) atoms. The number of hydrogen-bond acceptors (Lipinski definition) is 6. The van der Waals surface area contributed by atoms with Gasteiger partial charge in [-0.2, -0.15) is 5.26 Å². The lowest BCUT2D eigenvalue weighted by molar-refractivity contribution is -0.138. The minimum atomic E-state index is -0.670. The summed E-state index contributed by atoms with van der Waals surface area (Å²) in [7, 11) is 1.56. The number of ether oxygens (including phenoxy) is 3. The summed E-state index contributed by atoms with van der Waals surface area (Å²) in [6.45, 7) is 2.28. The highest BCUT2D eigenvalue weighted by molar-refractivity contribution is 5.93. The SMILES string of the molecule is CCOC(=O)C(C#N)=CNc1ccc(OC)c(OCc2ccccc2)c1. The molecule has 0 bridgehead atoms. The van der Waals surface area contributed by atoms with Crippen LogP contribution in [0.2, 0.25) is 0 Å². The molecular formula is C20H20N2O4. The lowest BCUT2D eigenvalue weighted by Crippen LogP contribution is -2.08. The van der Waals surface area contributed by atoms with Crippen molar-refractivity contribution in [1.29, 1.82) is 5.26 Å². The van der Waals surface area contributed by atoms with Crippen LogP contribution in [0.3, 0.4) is 0 Å². The Balaban J connectivity index is 2.13. The maximum Gasteiger partial charge on any atom is 0.350 e. The predicted molar refractivity (Wildman–Crippen MR) is 97.7 cm³/mol. The lowest BCUT2D eigenvalue weighted by Gasteiger charge is -2.12. The Labute approximate surface area is 152 Å². The van der Waals surface area contributed by atoms with Gasteiger partial charge in [-0.15, -0.1) is 0 Å². The van der Waals surface area contributed by atoms with Gasteiger partial charge in [-0.3, -0.25) is 0 Å². The van der Waals surface area contributed by atoms with Crippen LogP contribution < -0.4 is 14.8 Å². The van der Waals surface area contributed by atoms with Crippen LogP contribution in [0.5, 0.6) is 11.5 Å². The Hall–Kier alpha value is -3.46. The molecule has 0 aliphatic heterocycles. The molecule has 2 rings (SSSR count). The normalized spacial score (nSPS) is 10.6. The molecule has 1 N–H and O–H groups in total. The second kappa shape index (κ2) is 9.74. The number of esters is 1. The van der Waals surface area contributed by atoms with Crippen LogP contribution in [0.25, 0.3) is 0 Å². The largest absolute Gasteiger partial charge is 0.493 e. The van der Waals surface area contributed by atoms with Crippen LogP contribution in [-0.4, -0.2) is 19.7 Å². The van der Waals surface area contributed by atoms with Crippen molar-refractivity contribution in [1.82, 2.24) is 0 Å². The Morgan fingerprint density at radius 3 is 2.62 bits per heavy atom. The van der Waals surface area contributed by atoms with E-state index in [2.05, 4.69) is 5.32 Å². The Bertz CT molecular complexity index is 810. The third-order valence-corrected chi connectivity index (χ3v) is 3.40. The third-order valence-electron chi connectivity index (χ3n) is 3.40. The molecule has 2 aromatic carbocycles. The molecule has 6 heteroatoms. The fourth-order valence-electron chi connectivity index (χ4n) is 2.12. The molecule has 0 amide bonds. The summed E-state index contributed by atoms with van der Waals surface area (Å²) in [5.41, 5.74) is 1.56. The van der Waals surface area contributed by atoms with E-state index in [1.54, 1.807) is 32.2 Å². The minimum Gasteiger partial charge on any atom is -0.493 e. The molecule has 2 aromatic rings. The van der Waals surface area contributed by atoms with E-state index in [4.69, 9.17) is 19.5 Å². The van der Waals surface area contributed by atoms with Crippen molar-refractivity contribution in [3.8, 4) is 17.6 Å². The first-order chi connectivity index (χ1) is 12.7. The summed E-state index contributed by atoms with van der Waals surface area (Å²) < 4.78 is 16.0. The van der Waals surface area contributed by atoms with E-state index in [0.29, 0.717) is 23.8 Å². The van der Waals surface area contributed by atoms with Crippen LogP contribution >= 0.6 is 0 Å². The predicted octanol–water partition coefficient (Wildman–Crippen LogP) is 3.66. The molecule has 0 aromatic heterocycles. The molecule has 6 nitrogen and oxygen atoms in total. The number of methoxy groups -OCH3 is 1. The maximum atomic E-state index is 11.6. The molecule has 0 aliphatic rings. The highest BCUT2D eigenvalue weighted by atomic mass is 16.5. The summed E-state index contributed by atoms with van der Waals surface area (Å²) in [5.74, 6) is 0.460.